The molecule has 0 radical (unpaired) electrons. The fraction of sp³-hybridized carbons (Fsp3) is 0.167. The molecule has 0 atom stereocenters. The molecular weight excluding hydrogens is 464 g/mol. The van der Waals surface area contributed by atoms with E-state index in [0.717, 1.165) is 35.5 Å². The summed E-state index contributed by atoms with van der Waals surface area (Å²) in [5, 5.41) is 4.91. The molecule has 0 heterocycles. The molecule has 5 aromatic rings. The molecule has 5 rings (SSSR count). The van der Waals surface area contributed by atoms with Gasteiger partial charge in [-0.15, -0.1) is 0 Å². The summed E-state index contributed by atoms with van der Waals surface area (Å²) < 4.78 is 12.0. The number of benzene rings is 5. The first-order valence-corrected chi connectivity index (χ1v) is 13.5. The Morgan fingerprint density at radius 2 is 0.789 bits per heavy atom. The maximum Gasteiger partial charge on any atom is 0.126 e. The summed E-state index contributed by atoms with van der Waals surface area (Å²) in [6, 6.07) is 33.8. The van der Waals surface area contributed by atoms with Crippen molar-refractivity contribution in [3.63, 3.8) is 0 Å². The summed E-state index contributed by atoms with van der Waals surface area (Å²) in [6.07, 6.45) is 10.8. The number of rotatable bonds is 10. The molecule has 0 amide bonds. The first-order valence-electron chi connectivity index (χ1n) is 13.5. The highest BCUT2D eigenvalue weighted by Gasteiger charge is 2.11. The van der Waals surface area contributed by atoms with Crippen LogP contribution in [-0.4, -0.2) is 13.2 Å². The number of fused-ring (bicyclic) bond motifs is 2. The number of ether oxygens (including phenoxy) is 2. The van der Waals surface area contributed by atoms with E-state index in [4.69, 9.17) is 9.47 Å². The van der Waals surface area contributed by atoms with Crippen molar-refractivity contribution in [3.8, 4) is 11.5 Å². The molecule has 0 spiro atoms. The van der Waals surface area contributed by atoms with Crippen LogP contribution in [0, 0.1) is 0 Å². The molecule has 5 aromatic carbocycles. The molecule has 0 fully saturated rings. The van der Waals surface area contributed by atoms with Crippen molar-refractivity contribution in [2.24, 2.45) is 0 Å². The van der Waals surface area contributed by atoms with E-state index in [0.29, 0.717) is 13.2 Å². The van der Waals surface area contributed by atoms with Crippen LogP contribution in [0.3, 0.4) is 0 Å². The molecular formula is C36H34O2. The van der Waals surface area contributed by atoms with Crippen molar-refractivity contribution < 1.29 is 9.47 Å². The number of para-hydroxylation sites is 2. The molecule has 2 heteroatoms. The Morgan fingerprint density at radius 1 is 0.447 bits per heavy atom. The van der Waals surface area contributed by atoms with Crippen LogP contribution >= 0.6 is 0 Å². The normalized spacial score (nSPS) is 11.6. The molecule has 0 aliphatic heterocycles. The van der Waals surface area contributed by atoms with Crippen LogP contribution in [0.2, 0.25) is 0 Å². The third-order valence-corrected chi connectivity index (χ3v) is 6.64. The zero-order valence-electron chi connectivity index (χ0n) is 22.2. The molecule has 190 valence electrons. The van der Waals surface area contributed by atoms with Crippen LogP contribution in [-0.2, 0) is 0 Å². The van der Waals surface area contributed by atoms with Gasteiger partial charge in [-0.25, -0.2) is 0 Å². The van der Waals surface area contributed by atoms with Crippen LogP contribution in [0.4, 0.5) is 0 Å². The molecule has 0 aliphatic rings. The fourth-order valence-electron chi connectivity index (χ4n) is 4.82. The Kier molecular flexibility index (Phi) is 8.20. The molecule has 0 unspecified atom stereocenters. The highest BCUT2D eigenvalue weighted by atomic mass is 16.5. The summed E-state index contributed by atoms with van der Waals surface area (Å²) in [7, 11) is 0. The summed E-state index contributed by atoms with van der Waals surface area (Å²) >= 11 is 0. The van der Waals surface area contributed by atoms with Gasteiger partial charge >= 0.3 is 0 Å². The number of hydrogen-bond donors (Lipinski definition) is 0. The van der Waals surface area contributed by atoms with Gasteiger partial charge in [-0.05, 0) is 57.6 Å². The smallest absolute Gasteiger partial charge is 0.126 e. The van der Waals surface area contributed by atoms with Gasteiger partial charge in [-0.1, -0.05) is 123 Å². The second-order valence-corrected chi connectivity index (χ2v) is 9.36. The van der Waals surface area contributed by atoms with E-state index >= 15 is 0 Å². The lowest BCUT2D eigenvalue weighted by Gasteiger charge is -2.14. The minimum atomic E-state index is 0.713. The van der Waals surface area contributed by atoms with Gasteiger partial charge in [0.2, 0.25) is 0 Å². The van der Waals surface area contributed by atoms with Crippen molar-refractivity contribution in [1.29, 1.82) is 0 Å². The maximum atomic E-state index is 6.01. The van der Waals surface area contributed by atoms with Gasteiger partial charge in [-0.2, -0.15) is 0 Å². The Balaban J connectivity index is 1.63. The van der Waals surface area contributed by atoms with Crippen LogP contribution in [0.5, 0.6) is 11.5 Å². The van der Waals surface area contributed by atoms with Gasteiger partial charge in [0.1, 0.15) is 11.5 Å². The van der Waals surface area contributed by atoms with E-state index in [9.17, 15) is 0 Å². The van der Waals surface area contributed by atoms with Crippen LogP contribution in [0.15, 0.2) is 97.1 Å². The SMILES string of the molecule is CCCOc1ccccc1/C=C/c1c2ccccc2c(/C=C/c2ccccc2OCCC)c2ccccc12. The topological polar surface area (TPSA) is 18.5 Å². The predicted molar refractivity (Wildman–Crippen MR) is 164 cm³/mol. The monoisotopic (exact) mass is 498 g/mol. The minimum Gasteiger partial charge on any atom is -0.493 e. The van der Waals surface area contributed by atoms with Crippen LogP contribution < -0.4 is 9.47 Å². The predicted octanol–water partition coefficient (Wildman–Crippen LogP) is 9.91. The Labute approximate surface area is 225 Å². The van der Waals surface area contributed by atoms with Gasteiger partial charge in [0.05, 0.1) is 13.2 Å². The fourth-order valence-corrected chi connectivity index (χ4v) is 4.82. The van der Waals surface area contributed by atoms with Crippen molar-refractivity contribution in [2.75, 3.05) is 13.2 Å². The lowest BCUT2D eigenvalue weighted by atomic mass is 9.90. The first kappa shape index (κ1) is 25.4. The molecule has 38 heavy (non-hydrogen) atoms. The highest BCUT2D eigenvalue weighted by Crippen LogP contribution is 2.36. The molecule has 0 N–H and O–H groups in total. The van der Waals surface area contributed by atoms with Gasteiger partial charge < -0.3 is 9.47 Å². The molecule has 0 aromatic heterocycles. The molecule has 0 saturated carbocycles. The van der Waals surface area contributed by atoms with Crippen LogP contribution in [0.1, 0.15) is 48.9 Å². The van der Waals surface area contributed by atoms with Crippen molar-refractivity contribution >= 4 is 45.8 Å². The molecule has 0 bridgehead atoms. The van der Waals surface area contributed by atoms with E-state index in [1.807, 2.05) is 24.3 Å². The third-order valence-electron chi connectivity index (χ3n) is 6.64. The second-order valence-electron chi connectivity index (χ2n) is 9.36. The van der Waals surface area contributed by atoms with Crippen molar-refractivity contribution in [3.05, 3.63) is 119 Å². The minimum absolute atomic E-state index is 0.713. The van der Waals surface area contributed by atoms with E-state index < -0.39 is 0 Å². The molecule has 0 saturated heterocycles. The first-order chi connectivity index (χ1) is 18.8. The Bertz CT molecular complexity index is 1420. The van der Waals surface area contributed by atoms with E-state index in [2.05, 4.69) is 111 Å². The average molecular weight is 499 g/mol. The summed E-state index contributed by atoms with van der Waals surface area (Å²) in [4.78, 5) is 0. The third kappa shape index (κ3) is 5.50. The average Bonchev–Trinajstić information content (AvgIpc) is 2.97. The van der Waals surface area contributed by atoms with Gasteiger partial charge in [0.15, 0.2) is 0 Å². The van der Waals surface area contributed by atoms with Crippen molar-refractivity contribution in [1.82, 2.24) is 0 Å². The van der Waals surface area contributed by atoms with E-state index in [1.54, 1.807) is 0 Å². The standard InChI is InChI=1S/C36H34O2/c1-3-25-37-35-19-11-5-13-27(35)21-23-33-29-15-7-9-17-31(29)34(32-18-10-8-16-30(32)33)24-22-28-14-6-12-20-36(28)38-26-4-2/h5-24H,3-4,25-26H2,1-2H3/b23-21+,24-22+. The Morgan fingerprint density at radius 3 is 1.16 bits per heavy atom. The van der Waals surface area contributed by atoms with Gasteiger partial charge in [-0.3, -0.25) is 0 Å². The summed E-state index contributed by atoms with van der Waals surface area (Å²) in [5.41, 5.74) is 4.60. The van der Waals surface area contributed by atoms with Gasteiger partial charge in [0, 0.05) is 11.1 Å². The van der Waals surface area contributed by atoms with Gasteiger partial charge in [0.25, 0.3) is 0 Å². The highest BCUT2D eigenvalue weighted by molar-refractivity contribution is 6.14. The van der Waals surface area contributed by atoms with Crippen molar-refractivity contribution in [2.45, 2.75) is 26.7 Å². The van der Waals surface area contributed by atoms with Crippen LogP contribution in [0.25, 0.3) is 45.8 Å². The lowest BCUT2D eigenvalue weighted by molar-refractivity contribution is 0.316. The zero-order chi connectivity index (χ0) is 26.2. The van der Waals surface area contributed by atoms with E-state index in [-0.39, 0.29) is 0 Å². The summed E-state index contributed by atoms with van der Waals surface area (Å²) in [5.74, 6) is 1.84. The Hall–Kier alpha value is -4.30. The second kappa shape index (κ2) is 12.3. The lowest BCUT2D eigenvalue weighted by Crippen LogP contribution is -1.96. The van der Waals surface area contributed by atoms with E-state index in [1.165, 1.54) is 32.7 Å². The summed E-state index contributed by atoms with van der Waals surface area (Å²) in [6.45, 7) is 5.68. The quantitative estimate of drug-likeness (QED) is 0.141. The molecule has 2 nitrogen and oxygen atoms in total. The maximum absolute atomic E-state index is 6.01. The largest absolute Gasteiger partial charge is 0.493 e. The number of hydrogen-bond acceptors (Lipinski definition) is 2. The molecule has 0 aliphatic carbocycles. The zero-order valence-corrected chi connectivity index (χ0v) is 22.2.